The van der Waals surface area contributed by atoms with Gasteiger partial charge in [-0.15, -0.1) is 0 Å². The van der Waals surface area contributed by atoms with E-state index >= 15 is 0 Å². The van der Waals surface area contributed by atoms with Crippen LogP contribution in [0.15, 0.2) is 21.5 Å². The molecule has 0 heterocycles. The van der Waals surface area contributed by atoms with Crippen molar-refractivity contribution in [1.29, 1.82) is 0 Å². The van der Waals surface area contributed by atoms with Gasteiger partial charge >= 0.3 is 5.97 Å². The second-order valence-corrected chi connectivity index (χ2v) is 8.06. The highest BCUT2D eigenvalue weighted by Gasteiger charge is 2.30. The number of nitrogens with one attached hydrogen (secondary N) is 1. The lowest BCUT2D eigenvalue weighted by Gasteiger charge is -2.19. The van der Waals surface area contributed by atoms with Gasteiger partial charge in [0.1, 0.15) is 0 Å². The van der Waals surface area contributed by atoms with Gasteiger partial charge in [0.15, 0.2) is 0 Å². The van der Waals surface area contributed by atoms with Crippen LogP contribution in [0, 0.1) is 12.8 Å². The van der Waals surface area contributed by atoms with Crippen LogP contribution in [0.25, 0.3) is 0 Å². The smallest absolute Gasteiger partial charge is 0.335 e. The summed E-state index contributed by atoms with van der Waals surface area (Å²) >= 11 is 3.23. The minimum atomic E-state index is -3.73. The highest BCUT2D eigenvalue weighted by Crippen LogP contribution is 2.29. The Hall–Kier alpha value is -0.920. The zero-order valence-corrected chi connectivity index (χ0v) is 14.3. The molecule has 1 aromatic rings. The molecule has 116 valence electrons. The van der Waals surface area contributed by atoms with Crippen molar-refractivity contribution >= 4 is 31.9 Å². The molecular formula is C14H18BrNO4S. The lowest BCUT2D eigenvalue weighted by Crippen LogP contribution is -2.36. The van der Waals surface area contributed by atoms with Crippen molar-refractivity contribution in [2.45, 2.75) is 44.0 Å². The van der Waals surface area contributed by atoms with E-state index in [9.17, 15) is 13.2 Å². The fourth-order valence-electron chi connectivity index (χ4n) is 2.64. The summed E-state index contributed by atoms with van der Waals surface area (Å²) in [5.74, 6) is -0.854. The Morgan fingerprint density at radius 3 is 2.57 bits per heavy atom. The number of rotatable bonds is 4. The quantitative estimate of drug-likeness (QED) is 0.847. The molecule has 0 amide bonds. The van der Waals surface area contributed by atoms with Crippen molar-refractivity contribution in [3.8, 4) is 0 Å². The number of aromatic carboxylic acids is 1. The van der Waals surface area contributed by atoms with Crippen molar-refractivity contribution < 1.29 is 18.3 Å². The van der Waals surface area contributed by atoms with Gasteiger partial charge in [-0.3, -0.25) is 0 Å². The highest BCUT2D eigenvalue weighted by molar-refractivity contribution is 9.10. The third-order valence-electron chi connectivity index (χ3n) is 4.00. The van der Waals surface area contributed by atoms with Crippen LogP contribution in [0.2, 0.25) is 0 Å². The fourth-order valence-corrected chi connectivity index (χ4v) is 4.90. The summed E-state index contributed by atoms with van der Waals surface area (Å²) in [6, 6.07) is 2.54. The van der Waals surface area contributed by atoms with Gasteiger partial charge in [-0.25, -0.2) is 17.9 Å². The third kappa shape index (κ3) is 3.46. The van der Waals surface area contributed by atoms with E-state index in [1.165, 1.54) is 12.1 Å². The molecular weight excluding hydrogens is 358 g/mol. The Kier molecular flexibility index (Phi) is 4.75. The van der Waals surface area contributed by atoms with E-state index in [0.717, 1.165) is 19.3 Å². The van der Waals surface area contributed by atoms with Crippen LogP contribution in [-0.4, -0.2) is 25.5 Å². The highest BCUT2D eigenvalue weighted by atomic mass is 79.9. The molecule has 0 aliphatic heterocycles. The Labute approximate surface area is 132 Å². The van der Waals surface area contributed by atoms with E-state index in [2.05, 4.69) is 20.7 Å². The molecule has 2 rings (SSSR count). The Morgan fingerprint density at radius 2 is 2.05 bits per heavy atom. The van der Waals surface area contributed by atoms with Gasteiger partial charge in [-0.2, -0.15) is 0 Å². The molecule has 0 radical (unpaired) electrons. The molecule has 0 spiro atoms. The van der Waals surface area contributed by atoms with E-state index in [1.54, 1.807) is 6.92 Å². The van der Waals surface area contributed by atoms with Crippen LogP contribution >= 0.6 is 15.9 Å². The summed E-state index contributed by atoms with van der Waals surface area (Å²) in [5.41, 5.74) is 0.463. The molecule has 2 N–H and O–H groups in total. The monoisotopic (exact) mass is 375 g/mol. The van der Waals surface area contributed by atoms with Crippen molar-refractivity contribution in [1.82, 2.24) is 4.72 Å². The summed E-state index contributed by atoms with van der Waals surface area (Å²) in [7, 11) is -3.73. The van der Waals surface area contributed by atoms with Crippen molar-refractivity contribution in [2.75, 3.05) is 0 Å². The largest absolute Gasteiger partial charge is 0.478 e. The van der Waals surface area contributed by atoms with Gasteiger partial charge in [0.25, 0.3) is 0 Å². The number of carbonyl (C=O) groups is 1. The van der Waals surface area contributed by atoms with Crippen LogP contribution in [0.5, 0.6) is 0 Å². The second-order valence-electron chi connectivity index (χ2n) is 5.52. The molecule has 1 aliphatic carbocycles. The minimum Gasteiger partial charge on any atom is -0.478 e. The molecule has 1 fully saturated rings. The number of carboxylic acids is 1. The molecule has 2 unspecified atom stereocenters. The first-order valence-corrected chi connectivity index (χ1v) is 9.06. The number of halogens is 1. The van der Waals surface area contributed by atoms with Crippen LogP contribution < -0.4 is 4.72 Å². The average molecular weight is 376 g/mol. The summed E-state index contributed by atoms with van der Waals surface area (Å²) in [6.07, 6.45) is 2.83. The normalized spacial score (nSPS) is 22.4. The third-order valence-corrected chi connectivity index (χ3v) is 6.44. The van der Waals surface area contributed by atoms with E-state index in [4.69, 9.17) is 5.11 Å². The maximum Gasteiger partial charge on any atom is 0.335 e. The molecule has 5 nitrogen and oxygen atoms in total. The predicted octanol–water partition coefficient (Wildman–Crippen LogP) is 2.92. The van der Waals surface area contributed by atoms with Crippen LogP contribution in [0.3, 0.4) is 0 Å². The number of hydrogen-bond acceptors (Lipinski definition) is 3. The van der Waals surface area contributed by atoms with Gasteiger partial charge in [0, 0.05) is 10.5 Å². The lowest BCUT2D eigenvalue weighted by atomic mass is 10.1. The van der Waals surface area contributed by atoms with Gasteiger partial charge in [0.05, 0.1) is 10.5 Å². The molecule has 2 atom stereocenters. The summed E-state index contributed by atoms with van der Waals surface area (Å²) in [4.78, 5) is 11.1. The molecule has 0 saturated heterocycles. The lowest BCUT2D eigenvalue weighted by molar-refractivity contribution is 0.0696. The Morgan fingerprint density at radius 1 is 1.38 bits per heavy atom. The van der Waals surface area contributed by atoms with E-state index < -0.39 is 16.0 Å². The fraction of sp³-hybridized carbons (Fsp3) is 0.500. The topological polar surface area (TPSA) is 83.5 Å². The van der Waals surface area contributed by atoms with Gasteiger partial charge < -0.3 is 5.11 Å². The molecule has 0 aromatic heterocycles. The SMILES string of the molecule is Cc1c(Br)cc(C(=O)O)cc1S(=O)(=O)NC1CCCC1C. The van der Waals surface area contributed by atoms with Crippen LogP contribution in [0.4, 0.5) is 0 Å². The maximum atomic E-state index is 12.6. The van der Waals surface area contributed by atoms with Gasteiger partial charge in [-0.1, -0.05) is 29.3 Å². The molecule has 7 heteroatoms. The van der Waals surface area contributed by atoms with Crippen molar-refractivity contribution in [3.63, 3.8) is 0 Å². The minimum absolute atomic E-state index is 0.0216. The molecule has 0 bridgehead atoms. The maximum absolute atomic E-state index is 12.6. The zero-order chi connectivity index (χ0) is 15.8. The number of hydrogen-bond donors (Lipinski definition) is 2. The van der Waals surface area contributed by atoms with Crippen LogP contribution in [0.1, 0.15) is 42.1 Å². The standard InChI is InChI=1S/C14H18BrNO4S/c1-8-4-3-5-12(8)16-21(19,20)13-7-10(14(17)18)6-11(15)9(13)2/h6-8,12,16H,3-5H2,1-2H3,(H,17,18). The molecule has 1 saturated carbocycles. The number of sulfonamides is 1. The molecule has 1 aliphatic rings. The summed E-state index contributed by atoms with van der Waals surface area (Å²) < 4.78 is 28.3. The van der Waals surface area contributed by atoms with Crippen LogP contribution in [-0.2, 0) is 10.0 Å². The Balaban J connectivity index is 2.41. The van der Waals surface area contributed by atoms with Crippen molar-refractivity contribution in [3.05, 3.63) is 27.7 Å². The molecule has 1 aromatic carbocycles. The van der Waals surface area contributed by atoms with Gasteiger partial charge in [-0.05, 0) is 43.4 Å². The van der Waals surface area contributed by atoms with Crippen molar-refractivity contribution in [2.24, 2.45) is 5.92 Å². The van der Waals surface area contributed by atoms with E-state index in [1.807, 2.05) is 6.92 Å². The first-order valence-electron chi connectivity index (χ1n) is 6.78. The summed E-state index contributed by atoms with van der Waals surface area (Å²) in [5, 5.41) is 9.08. The number of benzene rings is 1. The summed E-state index contributed by atoms with van der Waals surface area (Å²) in [6.45, 7) is 3.68. The Bertz CT molecular complexity index is 672. The zero-order valence-electron chi connectivity index (χ0n) is 11.9. The average Bonchev–Trinajstić information content (AvgIpc) is 2.77. The van der Waals surface area contributed by atoms with E-state index in [-0.39, 0.29) is 16.5 Å². The second kappa shape index (κ2) is 6.06. The first-order chi connectivity index (χ1) is 9.72. The van der Waals surface area contributed by atoms with Gasteiger partial charge in [0.2, 0.25) is 10.0 Å². The predicted molar refractivity (Wildman–Crippen MR) is 83.0 cm³/mol. The van der Waals surface area contributed by atoms with E-state index in [0.29, 0.717) is 16.0 Å². The number of carboxylic acid groups (broad SMARTS) is 1. The first kappa shape index (κ1) is 16.5. The molecule has 21 heavy (non-hydrogen) atoms.